The van der Waals surface area contributed by atoms with Gasteiger partial charge in [-0.1, -0.05) is 12.1 Å². The van der Waals surface area contributed by atoms with Crippen molar-refractivity contribution in [3.63, 3.8) is 0 Å². The number of aliphatic hydroxyl groups is 5. The summed E-state index contributed by atoms with van der Waals surface area (Å²) in [5, 5.41) is 90.8. The van der Waals surface area contributed by atoms with Crippen molar-refractivity contribution in [3.05, 3.63) is 53.6 Å². The monoisotopic (exact) mass is 624 g/mol. The predicted molar refractivity (Wildman–Crippen MR) is 147 cm³/mol. The Bertz CT molecular complexity index is 1300. The van der Waals surface area contributed by atoms with Gasteiger partial charge >= 0.3 is 5.97 Å². The number of carbonyl (C=O) groups excluding carboxylic acids is 1. The van der Waals surface area contributed by atoms with Crippen molar-refractivity contribution in [2.24, 2.45) is 0 Å². The zero-order valence-electron chi connectivity index (χ0n) is 23.5. The topological polar surface area (TPSA) is 245 Å². The maximum absolute atomic E-state index is 12.4. The summed E-state index contributed by atoms with van der Waals surface area (Å²) in [6, 6.07) is 8.05. The van der Waals surface area contributed by atoms with E-state index in [0.717, 1.165) is 6.08 Å². The number of rotatable bonds is 10. The van der Waals surface area contributed by atoms with Crippen LogP contribution in [0.5, 0.6) is 23.0 Å². The van der Waals surface area contributed by atoms with Crippen molar-refractivity contribution < 1.29 is 74.4 Å². The number of aromatic hydroxyl groups is 4. The third-order valence-electron chi connectivity index (χ3n) is 7.26. The molecule has 2 saturated heterocycles. The minimum atomic E-state index is -1.74. The third-order valence-corrected chi connectivity index (χ3v) is 7.26. The van der Waals surface area contributed by atoms with Gasteiger partial charge < -0.3 is 69.6 Å². The molecule has 0 saturated carbocycles. The van der Waals surface area contributed by atoms with Crippen LogP contribution in [0.1, 0.15) is 18.1 Å². The van der Waals surface area contributed by atoms with Crippen LogP contribution >= 0.6 is 0 Å². The normalized spacial score (nSPS) is 32.5. The van der Waals surface area contributed by atoms with E-state index < -0.39 is 74.0 Å². The second-order valence-electron chi connectivity index (χ2n) is 10.5. The number of esters is 1. The van der Waals surface area contributed by atoms with Crippen LogP contribution in [0.15, 0.2) is 42.5 Å². The molecule has 242 valence electrons. The highest BCUT2D eigenvalue weighted by molar-refractivity contribution is 5.87. The largest absolute Gasteiger partial charge is 0.504 e. The summed E-state index contributed by atoms with van der Waals surface area (Å²) < 4.78 is 27.7. The highest BCUT2D eigenvalue weighted by atomic mass is 16.7. The molecule has 44 heavy (non-hydrogen) atoms. The summed E-state index contributed by atoms with van der Waals surface area (Å²) in [4.78, 5) is 12.4. The van der Waals surface area contributed by atoms with Gasteiger partial charge in [0.1, 0.15) is 49.3 Å². The molecule has 0 amide bonds. The number of benzene rings is 2. The van der Waals surface area contributed by atoms with Crippen LogP contribution in [-0.2, 0) is 34.9 Å². The van der Waals surface area contributed by atoms with Gasteiger partial charge in [-0.15, -0.1) is 0 Å². The summed E-state index contributed by atoms with van der Waals surface area (Å²) >= 11 is 0. The Hall–Kier alpha value is -3.51. The minimum Gasteiger partial charge on any atom is -0.504 e. The lowest BCUT2D eigenvalue weighted by atomic mass is 9.97. The van der Waals surface area contributed by atoms with Gasteiger partial charge in [-0.25, -0.2) is 4.79 Å². The second kappa shape index (κ2) is 14.5. The van der Waals surface area contributed by atoms with E-state index in [1.165, 1.54) is 43.3 Å². The highest BCUT2D eigenvalue weighted by Gasteiger charge is 2.50. The Morgan fingerprint density at radius 1 is 0.795 bits per heavy atom. The lowest BCUT2D eigenvalue weighted by molar-refractivity contribution is -0.357. The Labute approximate surface area is 251 Å². The Morgan fingerprint density at radius 2 is 1.48 bits per heavy atom. The minimum absolute atomic E-state index is 0.0754. The maximum Gasteiger partial charge on any atom is 0.330 e. The van der Waals surface area contributed by atoms with E-state index in [1.54, 1.807) is 6.07 Å². The van der Waals surface area contributed by atoms with Crippen molar-refractivity contribution in [3.8, 4) is 23.0 Å². The lowest BCUT2D eigenvalue weighted by Gasteiger charge is -2.45. The number of aliphatic hydroxyl groups excluding tert-OH is 5. The zero-order chi connectivity index (χ0) is 32.1. The molecule has 2 aliphatic heterocycles. The van der Waals surface area contributed by atoms with Crippen LogP contribution < -0.4 is 0 Å². The van der Waals surface area contributed by atoms with Crippen LogP contribution in [0, 0.1) is 0 Å². The Kier molecular flexibility index (Phi) is 11.0. The number of hydrogen-bond donors (Lipinski definition) is 9. The lowest BCUT2D eigenvalue weighted by Crippen LogP contribution is -2.64. The summed E-state index contributed by atoms with van der Waals surface area (Å²) in [6.45, 7) is 0.804. The fourth-order valence-corrected chi connectivity index (χ4v) is 4.66. The van der Waals surface area contributed by atoms with Gasteiger partial charge in [-0.3, -0.25) is 0 Å². The van der Waals surface area contributed by atoms with E-state index in [9.17, 15) is 50.8 Å². The Balaban J connectivity index is 1.44. The van der Waals surface area contributed by atoms with E-state index >= 15 is 0 Å². The molecule has 4 rings (SSSR count). The first-order valence-corrected chi connectivity index (χ1v) is 13.7. The fourth-order valence-electron chi connectivity index (χ4n) is 4.66. The molecule has 15 nitrogen and oxygen atoms in total. The molecule has 9 N–H and O–H groups in total. The quantitative estimate of drug-likeness (QED) is 0.0873. The Morgan fingerprint density at radius 3 is 2.16 bits per heavy atom. The smallest absolute Gasteiger partial charge is 0.330 e. The first-order valence-electron chi connectivity index (χ1n) is 13.7. The number of phenols is 4. The van der Waals surface area contributed by atoms with Crippen molar-refractivity contribution in [1.82, 2.24) is 0 Å². The zero-order valence-corrected chi connectivity index (χ0v) is 23.5. The van der Waals surface area contributed by atoms with E-state index in [2.05, 4.69) is 0 Å². The standard InChI is InChI=1S/C29H36O15/c1-13-22(35)24(37)25(38)29(42-13)44-27-23(36)20(12-41-21(34)7-4-14-2-5-16(30)18(32)10-14)43-28(26(27)39)40-9-8-15-3-6-17(31)19(33)11-15/h2-7,10-11,13,20,22-33,35-39H,8-9,12H2,1H3/b7-4+/t13-,20-,22+,23-,24-,25-,26-,27+,28+,29+/m1/s1. The van der Waals surface area contributed by atoms with Gasteiger partial charge in [0.2, 0.25) is 0 Å². The molecule has 0 aromatic heterocycles. The van der Waals surface area contributed by atoms with E-state index in [0.29, 0.717) is 11.1 Å². The third kappa shape index (κ3) is 7.95. The number of hydrogen-bond acceptors (Lipinski definition) is 15. The molecule has 0 aliphatic carbocycles. The summed E-state index contributed by atoms with van der Waals surface area (Å²) in [5.41, 5.74) is 0.962. The van der Waals surface area contributed by atoms with Gasteiger partial charge in [-0.2, -0.15) is 0 Å². The average molecular weight is 625 g/mol. The number of carbonyl (C=O) groups is 1. The van der Waals surface area contributed by atoms with Crippen LogP contribution in [0.2, 0.25) is 0 Å². The summed E-state index contributed by atoms with van der Waals surface area (Å²) in [6.07, 6.45) is -12.5. The fraction of sp³-hybridized carbons (Fsp3) is 0.483. The predicted octanol–water partition coefficient (Wildman–Crippen LogP) is -1.02. The van der Waals surface area contributed by atoms with E-state index in [1.807, 2.05) is 0 Å². The van der Waals surface area contributed by atoms with E-state index in [-0.39, 0.29) is 36.0 Å². The molecular weight excluding hydrogens is 588 g/mol. The molecule has 0 bridgehead atoms. The molecule has 15 heteroatoms. The molecular formula is C29H36O15. The van der Waals surface area contributed by atoms with Crippen LogP contribution in [0.25, 0.3) is 6.08 Å². The summed E-state index contributed by atoms with van der Waals surface area (Å²) in [7, 11) is 0. The SMILES string of the molecule is C[C@H]1O[C@@H](O[C@@H]2[C@@H](O)[C@@H](OCCc3ccc(O)c(O)c3)O[C@H](COC(=O)/C=C/c3ccc(O)c(O)c3)[C@H]2O)[C@H](O)[C@H](O)[C@H]1O. The van der Waals surface area contributed by atoms with Gasteiger partial charge in [0.15, 0.2) is 35.6 Å². The van der Waals surface area contributed by atoms with Crippen LogP contribution in [0.4, 0.5) is 0 Å². The number of ether oxygens (including phenoxy) is 5. The molecule has 2 aliphatic rings. The highest BCUT2D eigenvalue weighted by Crippen LogP contribution is 2.31. The average Bonchev–Trinajstić information content (AvgIpc) is 2.99. The van der Waals surface area contributed by atoms with Crippen molar-refractivity contribution >= 4 is 12.0 Å². The van der Waals surface area contributed by atoms with Crippen LogP contribution in [-0.4, -0.2) is 127 Å². The van der Waals surface area contributed by atoms with Crippen LogP contribution in [0.3, 0.4) is 0 Å². The molecule has 2 aromatic carbocycles. The molecule has 2 fully saturated rings. The molecule has 0 spiro atoms. The van der Waals surface area contributed by atoms with Gasteiger partial charge in [0, 0.05) is 6.08 Å². The first kappa shape index (κ1) is 33.4. The molecule has 10 atom stereocenters. The molecule has 2 heterocycles. The molecule has 0 radical (unpaired) electrons. The number of phenolic OH excluding ortho intramolecular Hbond substituents is 4. The van der Waals surface area contributed by atoms with E-state index in [4.69, 9.17) is 23.7 Å². The van der Waals surface area contributed by atoms with Gasteiger partial charge in [0.25, 0.3) is 0 Å². The maximum atomic E-state index is 12.4. The summed E-state index contributed by atoms with van der Waals surface area (Å²) in [5.74, 6) is -2.23. The van der Waals surface area contributed by atoms with Crippen molar-refractivity contribution in [2.75, 3.05) is 13.2 Å². The van der Waals surface area contributed by atoms with Gasteiger partial charge in [0.05, 0.1) is 12.7 Å². The molecule has 0 unspecified atom stereocenters. The first-order chi connectivity index (χ1) is 20.8. The van der Waals surface area contributed by atoms with Crippen molar-refractivity contribution in [2.45, 2.75) is 74.8 Å². The molecule has 2 aromatic rings. The van der Waals surface area contributed by atoms with Gasteiger partial charge in [-0.05, 0) is 54.8 Å². The second-order valence-corrected chi connectivity index (χ2v) is 10.5. The van der Waals surface area contributed by atoms with Crippen molar-refractivity contribution in [1.29, 1.82) is 0 Å².